The van der Waals surface area contributed by atoms with Crippen LogP contribution in [-0.2, 0) is 4.79 Å². The van der Waals surface area contributed by atoms with Crippen LogP contribution in [0.4, 0.5) is 4.79 Å². The molecule has 0 aliphatic heterocycles. The predicted octanol–water partition coefficient (Wildman–Crippen LogP) is 2.47. The first-order valence-corrected chi connectivity index (χ1v) is 10.0. The van der Waals surface area contributed by atoms with Crippen molar-refractivity contribution in [2.24, 2.45) is 5.41 Å². The van der Waals surface area contributed by atoms with Gasteiger partial charge in [-0.1, -0.05) is 39.0 Å². The van der Waals surface area contributed by atoms with Crippen LogP contribution in [0.2, 0.25) is 0 Å². The molecule has 3 N–H and O–H groups in total. The molecule has 2 fully saturated rings. The van der Waals surface area contributed by atoms with E-state index in [1.807, 2.05) is 42.2 Å². The predicted molar refractivity (Wildman–Crippen MR) is 106 cm³/mol. The molecule has 0 bridgehead atoms. The molecule has 0 unspecified atom stereocenters. The first-order valence-electron chi connectivity index (χ1n) is 10.0. The minimum atomic E-state index is -0.810. The molecule has 28 heavy (non-hydrogen) atoms. The van der Waals surface area contributed by atoms with E-state index in [0.717, 1.165) is 25.0 Å². The smallest absolute Gasteiger partial charge is 0.317 e. The van der Waals surface area contributed by atoms with Gasteiger partial charge in [0.1, 0.15) is 11.9 Å². The van der Waals surface area contributed by atoms with Crippen LogP contribution in [0.5, 0.6) is 5.75 Å². The fourth-order valence-electron chi connectivity index (χ4n) is 4.06. The maximum absolute atomic E-state index is 12.4. The quantitative estimate of drug-likeness (QED) is 0.635. The van der Waals surface area contributed by atoms with Gasteiger partial charge in [-0.2, -0.15) is 0 Å². The highest BCUT2D eigenvalue weighted by Gasteiger charge is 2.51. The summed E-state index contributed by atoms with van der Waals surface area (Å²) in [6.45, 7) is 6.94. The minimum Gasteiger partial charge on any atom is -0.490 e. The highest BCUT2D eigenvalue weighted by Crippen LogP contribution is 2.43. The number of carbonyl (C=O) groups is 2. The van der Waals surface area contributed by atoms with Gasteiger partial charge in [-0.3, -0.25) is 9.69 Å². The molecule has 1 aromatic rings. The largest absolute Gasteiger partial charge is 0.490 e. The van der Waals surface area contributed by atoms with E-state index >= 15 is 0 Å². The van der Waals surface area contributed by atoms with Gasteiger partial charge in [0.05, 0.1) is 6.54 Å². The van der Waals surface area contributed by atoms with Crippen molar-refractivity contribution >= 4 is 12.0 Å². The number of rotatable bonds is 8. The number of nitrogens with one attached hydrogen (secondary N) is 2. The lowest BCUT2D eigenvalue weighted by molar-refractivity contribution is -0.139. The molecule has 2 aliphatic rings. The van der Waals surface area contributed by atoms with Crippen molar-refractivity contribution < 1.29 is 19.4 Å². The molecule has 1 aromatic carbocycles. The standard InChI is InChI=1S/C21H31N3O4/c1-4-24(13-19(25)26)15-10-14(11-15)22-20(27)23-17-12-18(21(17,2)3)28-16-8-6-5-7-9-16/h5-9,14-15,17-18H,4,10-13H2,1-3H3,(H,25,26)(H2,22,23,27)/t14?,15?,17-,18+/m0/s1. The molecule has 154 valence electrons. The number of para-hydroxylation sites is 1. The summed E-state index contributed by atoms with van der Waals surface area (Å²) in [6, 6.07) is 10.00. The number of benzene rings is 1. The van der Waals surface area contributed by atoms with E-state index in [-0.39, 0.29) is 42.2 Å². The number of amides is 2. The van der Waals surface area contributed by atoms with Gasteiger partial charge in [-0.25, -0.2) is 4.79 Å². The first kappa shape index (κ1) is 20.5. The zero-order valence-corrected chi connectivity index (χ0v) is 16.9. The van der Waals surface area contributed by atoms with Crippen molar-refractivity contribution in [3.8, 4) is 5.75 Å². The summed E-state index contributed by atoms with van der Waals surface area (Å²) in [5, 5.41) is 15.0. The molecule has 0 heterocycles. The van der Waals surface area contributed by atoms with Crippen molar-refractivity contribution in [2.75, 3.05) is 13.1 Å². The van der Waals surface area contributed by atoms with E-state index in [0.29, 0.717) is 6.54 Å². The Morgan fingerprint density at radius 3 is 2.43 bits per heavy atom. The Labute approximate surface area is 166 Å². The van der Waals surface area contributed by atoms with Crippen molar-refractivity contribution in [1.29, 1.82) is 0 Å². The van der Waals surface area contributed by atoms with E-state index in [1.165, 1.54) is 0 Å². The molecule has 0 spiro atoms. The van der Waals surface area contributed by atoms with Crippen LogP contribution >= 0.6 is 0 Å². The van der Waals surface area contributed by atoms with Crippen molar-refractivity contribution in [3.05, 3.63) is 30.3 Å². The molecule has 0 saturated heterocycles. The number of carboxylic acids is 1. The number of carbonyl (C=O) groups excluding carboxylic acids is 1. The lowest BCUT2D eigenvalue weighted by atomic mass is 9.64. The Kier molecular flexibility index (Phi) is 6.13. The summed E-state index contributed by atoms with van der Waals surface area (Å²) in [5.41, 5.74) is -0.143. The molecule has 2 amide bonds. The molecule has 7 nitrogen and oxygen atoms in total. The molecule has 2 saturated carbocycles. The van der Waals surface area contributed by atoms with Gasteiger partial charge >= 0.3 is 12.0 Å². The normalized spacial score (nSPS) is 28.0. The van der Waals surface area contributed by atoms with Gasteiger partial charge in [-0.15, -0.1) is 0 Å². The number of hydrogen-bond donors (Lipinski definition) is 3. The molecule has 2 atom stereocenters. The van der Waals surface area contributed by atoms with Crippen LogP contribution in [0.1, 0.15) is 40.0 Å². The van der Waals surface area contributed by atoms with Gasteiger partial charge < -0.3 is 20.5 Å². The topological polar surface area (TPSA) is 90.9 Å². The molecule has 0 radical (unpaired) electrons. The summed E-state index contributed by atoms with van der Waals surface area (Å²) in [6.07, 6.45) is 2.44. The third-order valence-corrected chi connectivity index (χ3v) is 6.21. The lowest BCUT2D eigenvalue weighted by Crippen LogP contribution is -2.65. The fourth-order valence-corrected chi connectivity index (χ4v) is 4.06. The number of ether oxygens (including phenoxy) is 1. The monoisotopic (exact) mass is 389 g/mol. The highest BCUT2D eigenvalue weighted by atomic mass is 16.5. The zero-order valence-electron chi connectivity index (χ0n) is 16.9. The molecule has 3 rings (SSSR count). The third kappa shape index (κ3) is 4.58. The molecule has 7 heteroatoms. The van der Waals surface area contributed by atoms with E-state index in [2.05, 4.69) is 24.5 Å². The summed E-state index contributed by atoms with van der Waals surface area (Å²) in [4.78, 5) is 25.2. The summed E-state index contributed by atoms with van der Waals surface area (Å²) in [5.74, 6) is 0.0429. The second-order valence-electron chi connectivity index (χ2n) is 8.43. The summed E-state index contributed by atoms with van der Waals surface area (Å²) < 4.78 is 6.05. The molecular formula is C21H31N3O4. The van der Waals surface area contributed by atoms with Gasteiger partial charge in [0.15, 0.2) is 0 Å². The van der Waals surface area contributed by atoms with Crippen molar-refractivity contribution in [3.63, 3.8) is 0 Å². The van der Waals surface area contributed by atoms with Crippen LogP contribution in [0.25, 0.3) is 0 Å². The summed E-state index contributed by atoms with van der Waals surface area (Å²) >= 11 is 0. The molecule has 2 aliphatic carbocycles. The number of nitrogens with zero attached hydrogens (tertiary/aromatic N) is 1. The Morgan fingerprint density at radius 2 is 1.86 bits per heavy atom. The number of likely N-dealkylation sites (N-methyl/N-ethyl adjacent to an activating group) is 1. The number of urea groups is 1. The fraction of sp³-hybridized carbons (Fsp3) is 0.619. The second kappa shape index (κ2) is 8.39. The van der Waals surface area contributed by atoms with Crippen molar-refractivity contribution in [1.82, 2.24) is 15.5 Å². The van der Waals surface area contributed by atoms with E-state index in [1.54, 1.807) is 0 Å². The summed E-state index contributed by atoms with van der Waals surface area (Å²) in [7, 11) is 0. The van der Waals surface area contributed by atoms with Gasteiger partial charge in [0.25, 0.3) is 0 Å². The Balaban J connectivity index is 1.40. The van der Waals surface area contributed by atoms with Crippen LogP contribution in [0.15, 0.2) is 30.3 Å². The minimum absolute atomic E-state index is 0.0547. The second-order valence-corrected chi connectivity index (χ2v) is 8.43. The third-order valence-electron chi connectivity index (χ3n) is 6.21. The number of carboxylic acid groups (broad SMARTS) is 1. The van der Waals surface area contributed by atoms with Crippen LogP contribution in [-0.4, -0.2) is 59.3 Å². The first-order chi connectivity index (χ1) is 13.3. The van der Waals surface area contributed by atoms with Gasteiger partial charge in [0, 0.05) is 30.0 Å². The number of aliphatic carboxylic acids is 1. The van der Waals surface area contributed by atoms with Gasteiger partial charge in [0.2, 0.25) is 0 Å². The maximum Gasteiger partial charge on any atom is 0.317 e. The van der Waals surface area contributed by atoms with E-state index < -0.39 is 5.97 Å². The SMILES string of the molecule is CCN(CC(=O)O)C1CC(NC(=O)N[C@H]2C[C@@H](Oc3ccccc3)C2(C)C)C1. The molecular weight excluding hydrogens is 358 g/mol. The van der Waals surface area contributed by atoms with Crippen LogP contribution < -0.4 is 15.4 Å². The van der Waals surface area contributed by atoms with Gasteiger partial charge in [-0.05, 0) is 31.5 Å². The lowest BCUT2D eigenvalue weighted by Gasteiger charge is -2.51. The Bertz CT molecular complexity index is 688. The molecule has 0 aromatic heterocycles. The van der Waals surface area contributed by atoms with Crippen LogP contribution in [0.3, 0.4) is 0 Å². The highest BCUT2D eigenvalue weighted by molar-refractivity contribution is 5.75. The maximum atomic E-state index is 12.4. The van der Waals surface area contributed by atoms with Crippen molar-refractivity contribution in [2.45, 2.75) is 64.3 Å². The average Bonchev–Trinajstić information content (AvgIpc) is 2.62. The van der Waals surface area contributed by atoms with E-state index in [9.17, 15) is 9.59 Å². The van der Waals surface area contributed by atoms with E-state index in [4.69, 9.17) is 9.84 Å². The Morgan fingerprint density at radius 1 is 1.18 bits per heavy atom. The zero-order chi connectivity index (χ0) is 20.3. The average molecular weight is 389 g/mol. The van der Waals surface area contributed by atoms with Crippen LogP contribution in [0, 0.1) is 5.41 Å². The number of hydrogen-bond acceptors (Lipinski definition) is 4. The Hall–Kier alpha value is -2.28.